The first kappa shape index (κ1) is 13.4. The van der Waals surface area contributed by atoms with Crippen molar-refractivity contribution < 1.29 is 0 Å². The fraction of sp³-hybridized carbons (Fsp3) is 0.625. The molecule has 0 radical (unpaired) electrons. The van der Waals surface area contributed by atoms with Gasteiger partial charge in [0, 0.05) is 29.3 Å². The average molecular weight is 323 g/mol. The van der Waals surface area contributed by atoms with Gasteiger partial charge in [-0.3, -0.25) is 0 Å². The van der Waals surface area contributed by atoms with Crippen LogP contribution >= 0.6 is 15.9 Å². The molecule has 0 amide bonds. The van der Waals surface area contributed by atoms with Crippen molar-refractivity contribution in [3.63, 3.8) is 0 Å². The van der Waals surface area contributed by atoms with Gasteiger partial charge in [0.1, 0.15) is 0 Å². The summed E-state index contributed by atoms with van der Waals surface area (Å²) < 4.78 is 1.24. The van der Waals surface area contributed by atoms with E-state index in [-0.39, 0.29) is 0 Å². The second kappa shape index (κ2) is 5.84. The minimum Gasteiger partial charge on any atom is -0.368 e. The van der Waals surface area contributed by atoms with Crippen LogP contribution in [0.5, 0.6) is 0 Å². The van der Waals surface area contributed by atoms with Gasteiger partial charge < -0.3 is 10.2 Å². The van der Waals surface area contributed by atoms with Crippen molar-refractivity contribution >= 4 is 21.6 Å². The Bertz CT molecular complexity index is 446. The number of anilines is 1. The molecule has 2 nitrogen and oxygen atoms in total. The molecular formula is C16H23BrN2. The number of hydrogen-bond acceptors (Lipinski definition) is 2. The van der Waals surface area contributed by atoms with Crippen LogP contribution in [0.25, 0.3) is 0 Å². The van der Waals surface area contributed by atoms with E-state index in [2.05, 4.69) is 44.3 Å². The number of halogens is 1. The molecule has 1 aliphatic heterocycles. The molecule has 0 bridgehead atoms. The van der Waals surface area contributed by atoms with Gasteiger partial charge in [0.05, 0.1) is 0 Å². The first-order valence-corrected chi connectivity index (χ1v) is 8.28. The van der Waals surface area contributed by atoms with Gasteiger partial charge in [0.25, 0.3) is 0 Å². The Kier molecular flexibility index (Phi) is 4.13. The molecule has 104 valence electrons. The normalized spacial score (nSPS) is 26.5. The van der Waals surface area contributed by atoms with E-state index in [0.29, 0.717) is 0 Å². The van der Waals surface area contributed by atoms with E-state index in [1.54, 1.807) is 0 Å². The number of hydrogen-bond donors (Lipinski definition) is 1. The van der Waals surface area contributed by atoms with Crippen molar-refractivity contribution in [3.8, 4) is 0 Å². The molecule has 2 fully saturated rings. The van der Waals surface area contributed by atoms with Crippen LogP contribution in [0.1, 0.15) is 37.7 Å². The highest BCUT2D eigenvalue weighted by atomic mass is 79.9. The second-order valence-corrected chi connectivity index (χ2v) is 6.75. The lowest BCUT2D eigenvalue weighted by Gasteiger charge is -2.39. The van der Waals surface area contributed by atoms with Crippen LogP contribution in [0.2, 0.25) is 0 Å². The summed E-state index contributed by atoms with van der Waals surface area (Å²) in [5.74, 6) is 0.949. The topological polar surface area (TPSA) is 15.3 Å². The largest absolute Gasteiger partial charge is 0.368 e. The van der Waals surface area contributed by atoms with E-state index < -0.39 is 0 Å². The molecule has 2 atom stereocenters. The molecule has 0 aromatic heterocycles. The molecule has 1 heterocycles. The molecular weight excluding hydrogens is 300 g/mol. The number of fused-ring (bicyclic) bond motifs is 1. The highest BCUT2D eigenvalue weighted by Gasteiger charge is 2.35. The second-order valence-electron chi connectivity index (χ2n) is 5.90. The number of piperidine rings is 1. The van der Waals surface area contributed by atoms with Crippen LogP contribution in [-0.2, 0) is 6.54 Å². The first-order chi connectivity index (χ1) is 9.29. The van der Waals surface area contributed by atoms with Crippen LogP contribution in [0, 0.1) is 5.92 Å². The fourth-order valence-corrected chi connectivity index (χ4v) is 4.33. The van der Waals surface area contributed by atoms with Crippen LogP contribution in [0.3, 0.4) is 0 Å². The van der Waals surface area contributed by atoms with Gasteiger partial charge in [-0.25, -0.2) is 0 Å². The Morgan fingerprint density at radius 2 is 2.11 bits per heavy atom. The Hall–Kier alpha value is -0.540. The molecule has 19 heavy (non-hydrogen) atoms. The van der Waals surface area contributed by atoms with Gasteiger partial charge in [-0.15, -0.1) is 0 Å². The minimum absolute atomic E-state index is 0.802. The summed E-state index contributed by atoms with van der Waals surface area (Å²) in [5.41, 5.74) is 2.74. The predicted molar refractivity (Wildman–Crippen MR) is 84.6 cm³/mol. The van der Waals surface area contributed by atoms with Crippen molar-refractivity contribution in [2.75, 3.05) is 18.5 Å². The zero-order chi connectivity index (χ0) is 13.2. The number of rotatable bonds is 3. The van der Waals surface area contributed by atoms with Gasteiger partial charge in [-0.1, -0.05) is 28.4 Å². The quantitative estimate of drug-likeness (QED) is 0.906. The average Bonchev–Trinajstić information content (AvgIpc) is 2.89. The Morgan fingerprint density at radius 1 is 1.26 bits per heavy atom. The number of benzene rings is 1. The zero-order valence-electron chi connectivity index (χ0n) is 11.7. The monoisotopic (exact) mass is 322 g/mol. The summed E-state index contributed by atoms with van der Waals surface area (Å²) >= 11 is 3.72. The van der Waals surface area contributed by atoms with Crippen molar-refractivity contribution in [2.45, 2.75) is 44.7 Å². The lowest BCUT2D eigenvalue weighted by Crippen LogP contribution is -2.42. The van der Waals surface area contributed by atoms with Crippen LogP contribution in [0.4, 0.5) is 5.69 Å². The minimum atomic E-state index is 0.802. The molecule has 1 saturated carbocycles. The van der Waals surface area contributed by atoms with Crippen molar-refractivity contribution in [2.24, 2.45) is 5.92 Å². The molecule has 3 rings (SSSR count). The van der Waals surface area contributed by atoms with E-state index in [0.717, 1.165) is 18.5 Å². The van der Waals surface area contributed by atoms with Gasteiger partial charge in [-0.2, -0.15) is 0 Å². The molecule has 1 saturated heterocycles. The summed E-state index contributed by atoms with van der Waals surface area (Å²) in [7, 11) is 1.99. The molecule has 1 aromatic rings. The summed E-state index contributed by atoms with van der Waals surface area (Å²) in [4.78, 5) is 2.66. The fourth-order valence-electron chi connectivity index (χ4n) is 3.82. The first-order valence-electron chi connectivity index (χ1n) is 7.49. The number of nitrogens with one attached hydrogen (secondary N) is 1. The summed E-state index contributed by atoms with van der Waals surface area (Å²) in [6.45, 7) is 2.16. The van der Waals surface area contributed by atoms with Crippen molar-refractivity contribution in [1.29, 1.82) is 0 Å². The molecule has 2 aliphatic rings. The Morgan fingerprint density at radius 3 is 2.89 bits per heavy atom. The van der Waals surface area contributed by atoms with Crippen LogP contribution in [-0.4, -0.2) is 19.6 Å². The van der Waals surface area contributed by atoms with Crippen LogP contribution in [0.15, 0.2) is 22.7 Å². The molecule has 2 unspecified atom stereocenters. The van der Waals surface area contributed by atoms with Gasteiger partial charge >= 0.3 is 0 Å². The molecule has 3 heteroatoms. The lowest BCUT2D eigenvalue weighted by molar-refractivity contribution is 0.362. The summed E-state index contributed by atoms with van der Waals surface area (Å²) in [5, 5.41) is 3.22. The SMILES string of the molecule is CNCc1ccc(N2CCCC3CCCC32)cc1Br. The molecule has 0 spiro atoms. The van der Waals surface area contributed by atoms with E-state index in [4.69, 9.17) is 0 Å². The van der Waals surface area contributed by atoms with E-state index in [9.17, 15) is 0 Å². The van der Waals surface area contributed by atoms with E-state index in [1.807, 2.05) is 7.05 Å². The third kappa shape index (κ3) is 2.68. The third-order valence-corrected chi connectivity index (χ3v) is 5.47. The maximum atomic E-state index is 3.72. The van der Waals surface area contributed by atoms with E-state index >= 15 is 0 Å². The predicted octanol–water partition coefficient (Wildman–Crippen LogP) is 3.94. The molecule has 1 aliphatic carbocycles. The zero-order valence-corrected chi connectivity index (χ0v) is 13.2. The highest BCUT2D eigenvalue weighted by Crippen LogP contribution is 2.39. The maximum absolute atomic E-state index is 3.72. The maximum Gasteiger partial charge on any atom is 0.0380 e. The lowest BCUT2D eigenvalue weighted by atomic mass is 9.91. The Labute approximate surface area is 124 Å². The molecule has 1 N–H and O–H groups in total. The highest BCUT2D eigenvalue weighted by molar-refractivity contribution is 9.10. The number of nitrogens with zero attached hydrogens (tertiary/aromatic N) is 1. The van der Waals surface area contributed by atoms with Gasteiger partial charge in [0.15, 0.2) is 0 Å². The summed E-state index contributed by atoms with van der Waals surface area (Å²) in [6, 6.07) is 7.68. The van der Waals surface area contributed by atoms with Crippen molar-refractivity contribution in [1.82, 2.24) is 5.32 Å². The van der Waals surface area contributed by atoms with Crippen LogP contribution < -0.4 is 10.2 Å². The van der Waals surface area contributed by atoms with Crippen molar-refractivity contribution in [3.05, 3.63) is 28.2 Å². The molecule has 1 aromatic carbocycles. The van der Waals surface area contributed by atoms with Gasteiger partial charge in [-0.05, 0) is 56.3 Å². The Balaban J connectivity index is 1.83. The summed E-state index contributed by atoms with van der Waals surface area (Å²) in [6.07, 6.45) is 7.06. The van der Waals surface area contributed by atoms with E-state index in [1.165, 1.54) is 54.4 Å². The smallest absolute Gasteiger partial charge is 0.0380 e. The third-order valence-electron chi connectivity index (χ3n) is 4.73. The van der Waals surface area contributed by atoms with Gasteiger partial charge in [0.2, 0.25) is 0 Å². The standard InChI is InChI=1S/C16H23BrN2/c1-18-11-13-7-8-14(10-15(13)17)19-9-3-5-12-4-2-6-16(12)19/h7-8,10,12,16,18H,2-6,9,11H2,1H3.